The second kappa shape index (κ2) is 5.88. The molecule has 6 heteroatoms. The fourth-order valence-electron chi connectivity index (χ4n) is 2.72. The molecule has 0 bridgehead atoms. The van der Waals surface area contributed by atoms with Gasteiger partial charge in [0.05, 0.1) is 5.92 Å². The smallest absolute Gasteiger partial charge is 0.228 e. The lowest BCUT2D eigenvalue weighted by Crippen LogP contribution is -2.38. The van der Waals surface area contributed by atoms with E-state index in [0.717, 1.165) is 19.5 Å². The van der Waals surface area contributed by atoms with Crippen LogP contribution in [-0.2, 0) is 9.59 Å². The number of hydrogen-bond donors (Lipinski definition) is 1. The van der Waals surface area contributed by atoms with Gasteiger partial charge in [0.15, 0.2) is 0 Å². The maximum Gasteiger partial charge on any atom is 0.228 e. The molecule has 0 saturated carbocycles. The second-order valence-corrected chi connectivity index (χ2v) is 5.88. The van der Waals surface area contributed by atoms with E-state index in [9.17, 15) is 9.59 Å². The largest absolute Gasteiger partial charge is 0.341 e. The summed E-state index contributed by atoms with van der Waals surface area (Å²) >= 11 is 0. The van der Waals surface area contributed by atoms with Crippen LogP contribution in [-0.4, -0.2) is 79.4 Å². The Balaban J connectivity index is 1.86. The fraction of sp³-hybridized carbons (Fsp3) is 0.846. The van der Waals surface area contributed by atoms with Crippen LogP contribution in [0, 0.1) is 5.92 Å². The summed E-state index contributed by atoms with van der Waals surface area (Å²) in [7, 11) is 3.96. The molecule has 2 fully saturated rings. The van der Waals surface area contributed by atoms with Crippen molar-refractivity contribution < 1.29 is 9.59 Å². The summed E-state index contributed by atoms with van der Waals surface area (Å²) in [5.41, 5.74) is 5.82. The quantitative estimate of drug-likeness (QED) is 0.707. The van der Waals surface area contributed by atoms with Crippen molar-refractivity contribution in [3.8, 4) is 0 Å². The third kappa shape index (κ3) is 3.45. The Labute approximate surface area is 114 Å². The lowest BCUT2D eigenvalue weighted by atomic mass is 10.1. The molecule has 0 aliphatic carbocycles. The van der Waals surface area contributed by atoms with Gasteiger partial charge >= 0.3 is 0 Å². The number of hydrogen-bond acceptors (Lipinski definition) is 4. The highest BCUT2D eigenvalue weighted by Crippen LogP contribution is 2.21. The predicted octanol–water partition coefficient (Wildman–Crippen LogP) is -1.04. The number of likely N-dealkylation sites (tertiary alicyclic amines) is 2. The molecule has 2 rings (SSSR count). The van der Waals surface area contributed by atoms with Crippen LogP contribution in [0.5, 0.6) is 0 Å². The molecule has 0 aromatic rings. The molecule has 2 heterocycles. The predicted molar refractivity (Wildman–Crippen MR) is 72.4 cm³/mol. The van der Waals surface area contributed by atoms with Crippen LogP contribution >= 0.6 is 0 Å². The molecule has 2 aliphatic heterocycles. The number of carbonyl (C=O) groups is 2. The van der Waals surface area contributed by atoms with E-state index >= 15 is 0 Å². The summed E-state index contributed by atoms with van der Waals surface area (Å²) in [6.07, 6.45) is 1.23. The highest BCUT2D eigenvalue weighted by Gasteiger charge is 2.37. The molecule has 2 atom stereocenters. The average molecular weight is 268 g/mol. The van der Waals surface area contributed by atoms with Crippen LogP contribution < -0.4 is 5.73 Å². The number of likely N-dealkylation sites (N-methyl/N-ethyl adjacent to an activating group) is 1. The molecular weight excluding hydrogens is 244 g/mol. The average Bonchev–Trinajstić information content (AvgIpc) is 2.92. The normalized spacial score (nSPS) is 27.7. The second-order valence-electron chi connectivity index (χ2n) is 5.88. The van der Waals surface area contributed by atoms with Crippen molar-refractivity contribution >= 4 is 11.8 Å². The maximum atomic E-state index is 12.3. The Hall–Kier alpha value is -1.14. The van der Waals surface area contributed by atoms with Crippen molar-refractivity contribution in [2.24, 2.45) is 11.7 Å². The monoisotopic (exact) mass is 268 g/mol. The van der Waals surface area contributed by atoms with Crippen molar-refractivity contribution in [2.45, 2.75) is 18.9 Å². The SMILES string of the molecule is CN(C)CCN1C[C@@H](C(=O)N2CC[C@H](N)C2)CC1=O. The Morgan fingerprint density at radius 3 is 2.74 bits per heavy atom. The first-order valence-electron chi connectivity index (χ1n) is 6.94. The summed E-state index contributed by atoms with van der Waals surface area (Å²) in [6.45, 7) is 3.48. The summed E-state index contributed by atoms with van der Waals surface area (Å²) in [5, 5.41) is 0. The van der Waals surface area contributed by atoms with Gasteiger partial charge < -0.3 is 20.4 Å². The minimum absolute atomic E-state index is 0.101. The van der Waals surface area contributed by atoms with Crippen molar-refractivity contribution in [3.63, 3.8) is 0 Å². The first-order valence-corrected chi connectivity index (χ1v) is 6.94. The van der Waals surface area contributed by atoms with Gasteiger partial charge in [-0.25, -0.2) is 0 Å². The minimum atomic E-state index is -0.167. The van der Waals surface area contributed by atoms with Gasteiger partial charge in [0, 0.05) is 45.2 Å². The van der Waals surface area contributed by atoms with Crippen LogP contribution in [0.3, 0.4) is 0 Å². The third-order valence-electron chi connectivity index (χ3n) is 3.92. The number of amides is 2. The van der Waals surface area contributed by atoms with E-state index in [2.05, 4.69) is 0 Å². The van der Waals surface area contributed by atoms with E-state index in [1.54, 1.807) is 4.90 Å². The van der Waals surface area contributed by atoms with Crippen LogP contribution in [0.4, 0.5) is 0 Å². The van der Waals surface area contributed by atoms with E-state index in [1.807, 2.05) is 23.9 Å². The lowest BCUT2D eigenvalue weighted by Gasteiger charge is -2.21. The van der Waals surface area contributed by atoms with Crippen molar-refractivity contribution in [2.75, 3.05) is 46.8 Å². The number of carbonyl (C=O) groups excluding carboxylic acids is 2. The molecule has 0 radical (unpaired) electrons. The molecule has 6 nitrogen and oxygen atoms in total. The summed E-state index contributed by atoms with van der Waals surface area (Å²) in [5.74, 6) is 0.0392. The standard InChI is InChI=1S/C13H24N4O2/c1-15(2)5-6-16-8-10(7-12(16)18)13(19)17-4-3-11(14)9-17/h10-11H,3-9,14H2,1-2H3/t10-,11-/m0/s1. The van der Waals surface area contributed by atoms with E-state index in [4.69, 9.17) is 5.73 Å². The summed E-state index contributed by atoms with van der Waals surface area (Å²) in [6, 6.07) is 0.103. The Kier molecular flexibility index (Phi) is 4.42. The zero-order chi connectivity index (χ0) is 14.0. The van der Waals surface area contributed by atoms with Crippen LogP contribution in [0.15, 0.2) is 0 Å². The number of nitrogens with two attached hydrogens (primary N) is 1. The van der Waals surface area contributed by atoms with Crippen molar-refractivity contribution in [1.82, 2.24) is 14.7 Å². The highest BCUT2D eigenvalue weighted by molar-refractivity contribution is 5.89. The van der Waals surface area contributed by atoms with Gasteiger partial charge in [0.1, 0.15) is 0 Å². The van der Waals surface area contributed by atoms with Gasteiger partial charge in [-0.3, -0.25) is 9.59 Å². The molecule has 0 unspecified atom stereocenters. The molecule has 2 amide bonds. The summed E-state index contributed by atoms with van der Waals surface area (Å²) < 4.78 is 0. The van der Waals surface area contributed by atoms with Gasteiger partial charge in [0.25, 0.3) is 0 Å². The topological polar surface area (TPSA) is 69.9 Å². The molecular formula is C13H24N4O2. The lowest BCUT2D eigenvalue weighted by molar-refractivity contribution is -0.134. The number of rotatable bonds is 4. The molecule has 0 spiro atoms. The van der Waals surface area contributed by atoms with Crippen LogP contribution in [0.1, 0.15) is 12.8 Å². The molecule has 19 heavy (non-hydrogen) atoms. The zero-order valence-electron chi connectivity index (χ0n) is 11.8. The zero-order valence-corrected chi connectivity index (χ0v) is 11.8. The fourth-order valence-corrected chi connectivity index (χ4v) is 2.72. The Morgan fingerprint density at radius 1 is 1.42 bits per heavy atom. The third-order valence-corrected chi connectivity index (χ3v) is 3.92. The minimum Gasteiger partial charge on any atom is -0.341 e. The first-order chi connectivity index (χ1) is 8.97. The van der Waals surface area contributed by atoms with Gasteiger partial charge in [-0.1, -0.05) is 0 Å². The summed E-state index contributed by atoms with van der Waals surface area (Å²) in [4.78, 5) is 29.9. The van der Waals surface area contributed by atoms with E-state index < -0.39 is 0 Å². The molecule has 2 saturated heterocycles. The van der Waals surface area contributed by atoms with Gasteiger partial charge in [-0.15, -0.1) is 0 Å². The molecule has 0 aromatic carbocycles. The molecule has 108 valence electrons. The van der Waals surface area contributed by atoms with E-state index in [-0.39, 0.29) is 23.8 Å². The van der Waals surface area contributed by atoms with Gasteiger partial charge in [0.2, 0.25) is 11.8 Å². The molecule has 2 aliphatic rings. The Bertz CT molecular complexity index is 359. The molecule has 2 N–H and O–H groups in total. The van der Waals surface area contributed by atoms with Gasteiger partial charge in [-0.2, -0.15) is 0 Å². The molecule has 0 aromatic heterocycles. The highest BCUT2D eigenvalue weighted by atomic mass is 16.2. The van der Waals surface area contributed by atoms with E-state index in [1.165, 1.54) is 0 Å². The van der Waals surface area contributed by atoms with E-state index in [0.29, 0.717) is 26.1 Å². The Morgan fingerprint density at radius 2 is 2.16 bits per heavy atom. The first kappa shape index (κ1) is 14.3. The van der Waals surface area contributed by atoms with Crippen molar-refractivity contribution in [1.29, 1.82) is 0 Å². The van der Waals surface area contributed by atoms with Crippen LogP contribution in [0.25, 0.3) is 0 Å². The van der Waals surface area contributed by atoms with Crippen LogP contribution in [0.2, 0.25) is 0 Å². The van der Waals surface area contributed by atoms with Crippen molar-refractivity contribution in [3.05, 3.63) is 0 Å². The van der Waals surface area contributed by atoms with Gasteiger partial charge in [-0.05, 0) is 20.5 Å². The maximum absolute atomic E-state index is 12.3. The number of nitrogens with zero attached hydrogens (tertiary/aromatic N) is 3.